The topological polar surface area (TPSA) is 68.7 Å². The molecule has 1 amide bonds. The van der Waals surface area contributed by atoms with Gasteiger partial charge >= 0.3 is 12.1 Å². The van der Waals surface area contributed by atoms with Crippen LogP contribution in [-0.4, -0.2) is 48.8 Å². The lowest BCUT2D eigenvalue weighted by molar-refractivity contribution is 0.0599. The monoisotopic (exact) mass is 318 g/mol. The van der Waals surface area contributed by atoms with Crippen LogP contribution in [0.2, 0.25) is 0 Å². The van der Waals surface area contributed by atoms with Crippen LogP contribution in [0.5, 0.6) is 0 Å². The predicted molar refractivity (Wildman–Crippen MR) is 85.9 cm³/mol. The summed E-state index contributed by atoms with van der Waals surface area (Å²) in [6.07, 6.45) is 5.46. The number of amides is 1. The van der Waals surface area contributed by atoms with Gasteiger partial charge in [-0.1, -0.05) is 19.9 Å². The van der Waals surface area contributed by atoms with E-state index in [2.05, 4.69) is 4.98 Å². The molecule has 6 heteroatoms. The van der Waals surface area contributed by atoms with Crippen molar-refractivity contribution < 1.29 is 19.1 Å². The summed E-state index contributed by atoms with van der Waals surface area (Å²) >= 11 is 0. The number of esters is 1. The van der Waals surface area contributed by atoms with Crippen LogP contribution in [-0.2, 0) is 9.47 Å². The van der Waals surface area contributed by atoms with Gasteiger partial charge in [-0.25, -0.2) is 9.59 Å². The lowest BCUT2D eigenvalue weighted by Gasteiger charge is -2.26. The molecule has 0 bridgehead atoms. The lowest BCUT2D eigenvalue weighted by Crippen LogP contribution is -2.35. The Morgan fingerprint density at radius 3 is 2.78 bits per heavy atom. The number of nitrogens with zero attached hydrogens (tertiary/aromatic N) is 2. The number of hydrogen-bond donors (Lipinski definition) is 0. The van der Waals surface area contributed by atoms with Gasteiger partial charge in [0.05, 0.1) is 19.3 Å². The standard InChI is InChI=1S/C17H22N2O4/c1-12(2)11-23-17(21)19-8-5-13(6-9-19)14-4-7-18-10-15(14)16(20)22-3/h4-5,7,10,12H,6,8-9,11H2,1-3H3. The van der Waals surface area contributed by atoms with Crippen molar-refractivity contribution in [2.45, 2.75) is 20.3 Å². The van der Waals surface area contributed by atoms with Crippen LogP contribution >= 0.6 is 0 Å². The number of rotatable bonds is 4. The Morgan fingerprint density at radius 2 is 2.17 bits per heavy atom. The van der Waals surface area contributed by atoms with Crippen molar-refractivity contribution in [3.05, 3.63) is 35.7 Å². The SMILES string of the molecule is COC(=O)c1cnccc1C1=CCN(C(=O)OCC(C)C)CC1. The lowest BCUT2D eigenvalue weighted by atomic mass is 9.96. The van der Waals surface area contributed by atoms with Gasteiger partial charge in [0.1, 0.15) is 0 Å². The van der Waals surface area contributed by atoms with E-state index in [0.717, 1.165) is 11.1 Å². The first kappa shape index (κ1) is 17.0. The maximum absolute atomic E-state index is 12.0. The zero-order valence-electron chi connectivity index (χ0n) is 13.7. The molecule has 1 aromatic rings. The summed E-state index contributed by atoms with van der Waals surface area (Å²) < 4.78 is 10.0. The van der Waals surface area contributed by atoms with Gasteiger partial charge in [0.2, 0.25) is 0 Å². The second kappa shape index (κ2) is 7.76. The fourth-order valence-electron chi connectivity index (χ4n) is 2.36. The normalized spacial score (nSPS) is 14.4. The first-order chi connectivity index (χ1) is 11.0. The van der Waals surface area contributed by atoms with Crippen molar-refractivity contribution in [3.8, 4) is 0 Å². The fraction of sp³-hybridized carbons (Fsp3) is 0.471. The summed E-state index contributed by atoms with van der Waals surface area (Å²) in [6, 6.07) is 1.80. The molecule has 0 spiro atoms. The van der Waals surface area contributed by atoms with E-state index in [1.807, 2.05) is 19.9 Å². The molecule has 1 aliphatic rings. The van der Waals surface area contributed by atoms with Crippen LogP contribution in [0.25, 0.3) is 5.57 Å². The average molecular weight is 318 g/mol. The van der Waals surface area contributed by atoms with Crippen LogP contribution in [0.15, 0.2) is 24.5 Å². The molecular weight excluding hydrogens is 296 g/mol. The highest BCUT2D eigenvalue weighted by Gasteiger charge is 2.22. The minimum atomic E-state index is -0.409. The first-order valence-corrected chi connectivity index (χ1v) is 7.66. The molecule has 23 heavy (non-hydrogen) atoms. The number of carbonyl (C=O) groups excluding carboxylic acids is 2. The maximum Gasteiger partial charge on any atom is 0.410 e. The molecule has 124 valence electrons. The Labute approximate surface area is 136 Å². The van der Waals surface area contributed by atoms with E-state index in [1.54, 1.807) is 17.2 Å². The number of hydrogen-bond acceptors (Lipinski definition) is 5. The molecule has 0 aromatic carbocycles. The number of methoxy groups -OCH3 is 1. The molecule has 2 heterocycles. The van der Waals surface area contributed by atoms with Crippen LogP contribution in [0, 0.1) is 5.92 Å². The third-order valence-corrected chi connectivity index (χ3v) is 3.58. The second-order valence-electron chi connectivity index (χ2n) is 5.81. The van der Waals surface area contributed by atoms with E-state index in [4.69, 9.17) is 9.47 Å². The van der Waals surface area contributed by atoms with Gasteiger partial charge in [-0.15, -0.1) is 0 Å². The van der Waals surface area contributed by atoms with Crippen LogP contribution in [0.3, 0.4) is 0 Å². The minimum Gasteiger partial charge on any atom is -0.465 e. The van der Waals surface area contributed by atoms with Crippen molar-refractivity contribution in [1.82, 2.24) is 9.88 Å². The largest absolute Gasteiger partial charge is 0.465 e. The number of carbonyl (C=O) groups is 2. The minimum absolute atomic E-state index is 0.295. The van der Waals surface area contributed by atoms with Gasteiger partial charge in [-0.05, 0) is 29.5 Å². The van der Waals surface area contributed by atoms with Gasteiger partial charge in [-0.3, -0.25) is 4.98 Å². The van der Waals surface area contributed by atoms with Crippen molar-refractivity contribution in [2.24, 2.45) is 5.92 Å². The van der Waals surface area contributed by atoms with Crippen LogP contribution < -0.4 is 0 Å². The number of ether oxygens (including phenoxy) is 2. The maximum atomic E-state index is 12.0. The molecule has 0 radical (unpaired) electrons. The van der Waals surface area contributed by atoms with Crippen LogP contribution in [0.4, 0.5) is 4.79 Å². The molecule has 0 unspecified atom stereocenters. The highest BCUT2D eigenvalue weighted by atomic mass is 16.6. The van der Waals surface area contributed by atoms with E-state index in [-0.39, 0.29) is 6.09 Å². The Kier molecular flexibility index (Phi) is 5.73. The summed E-state index contributed by atoms with van der Waals surface area (Å²) in [6.45, 7) is 5.45. The van der Waals surface area contributed by atoms with Gasteiger partial charge < -0.3 is 14.4 Å². The molecule has 0 aliphatic carbocycles. The van der Waals surface area contributed by atoms with Gasteiger partial charge in [-0.2, -0.15) is 0 Å². The van der Waals surface area contributed by atoms with Crippen molar-refractivity contribution in [3.63, 3.8) is 0 Å². The molecule has 0 atom stereocenters. The van der Waals surface area contributed by atoms with Crippen LogP contribution in [0.1, 0.15) is 36.2 Å². The molecule has 0 N–H and O–H groups in total. The van der Waals surface area contributed by atoms with E-state index >= 15 is 0 Å². The number of pyridine rings is 1. The summed E-state index contributed by atoms with van der Waals surface area (Å²) in [5, 5.41) is 0. The Morgan fingerprint density at radius 1 is 1.39 bits per heavy atom. The Balaban J connectivity index is 2.08. The molecule has 0 fully saturated rings. The first-order valence-electron chi connectivity index (χ1n) is 7.66. The molecule has 2 rings (SSSR count). The molecule has 1 aliphatic heterocycles. The molecule has 0 saturated heterocycles. The van der Waals surface area contributed by atoms with E-state index < -0.39 is 5.97 Å². The highest BCUT2D eigenvalue weighted by Crippen LogP contribution is 2.25. The Hall–Kier alpha value is -2.37. The average Bonchev–Trinajstić information content (AvgIpc) is 2.59. The molecule has 1 aromatic heterocycles. The zero-order chi connectivity index (χ0) is 16.8. The van der Waals surface area contributed by atoms with Gasteiger partial charge in [0.25, 0.3) is 0 Å². The third kappa shape index (κ3) is 4.31. The summed E-state index contributed by atoms with van der Waals surface area (Å²) in [4.78, 5) is 29.4. The van der Waals surface area contributed by atoms with Crippen molar-refractivity contribution >= 4 is 17.6 Å². The van der Waals surface area contributed by atoms with E-state index in [0.29, 0.717) is 37.6 Å². The van der Waals surface area contributed by atoms with E-state index in [1.165, 1.54) is 13.3 Å². The van der Waals surface area contributed by atoms with Gasteiger partial charge in [0.15, 0.2) is 0 Å². The van der Waals surface area contributed by atoms with Crippen molar-refractivity contribution in [1.29, 1.82) is 0 Å². The summed E-state index contributed by atoms with van der Waals surface area (Å²) in [5.74, 6) is -0.0953. The molecule has 6 nitrogen and oxygen atoms in total. The summed E-state index contributed by atoms with van der Waals surface area (Å²) in [5.41, 5.74) is 2.26. The quantitative estimate of drug-likeness (QED) is 0.798. The fourth-order valence-corrected chi connectivity index (χ4v) is 2.36. The smallest absolute Gasteiger partial charge is 0.410 e. The summed E-state index contributed by atoms with van der Waals surface area (Å²) in [7, 11) is 1.35. The third-order valence-electron chi connectivity index (χ3n) is 3.58. The van der Waals surface area contributed by atoms with Crippen molar-refractivity contribution in [2.75, 3.05) is 26.8 Å². The zero-order valence-corrected chi connectivity index (χ0v) is 13.7. The molecular formula is C17H22N2O4. The number of aromatic nitrogens is 1. The second-order valence-corrected chi connectivity index (χ2v) is 5.81. The van der Waals surface area contributed by atoms with E-state index in [9.17, 15) is 9.59 Å². The Bertz CT molecular complexity index is 610. The predicted octanol–water partition coefficient (Wildman–Crippen LogP) is 2.75. The highest BCUT2D eigenvalue weighted by molar-refractivity contribution is 5.95. The molecule has 0 saturated carbocycles. The van der Waals surface area contributed by atoms with Gasteiger partial charge in [0, 0.05) is 25.5 Å².